The maximum absolute atomic E-state index is 12.9. The third kappa shape index (κ3) is 4.49. The number of furan rings is 1. The number of hydrazone groups is 1. The first-order valence-corrected chi connectivity index (χ1v) is 8.12. The molecule has 0 saturated carbocycles. The van der Waals surface area contributed by atoms with E-state index in [2.05, 4.69) is 10.5 Å². The highest BCUT2D eigenvalue weighted by atomic mass is 35.5. The normalized spacial score (nSPS) is 11.7. The number of nitrogens with one attached hydrogen (secondary N) is 1. The van der Waals surface area contributed by atoms with E-state index >= 15 is 0 Å². The standard InChI is InChI=1S/C18H11ClF3N3O3/c19-16-7-1-11(18(20,21)22)9-15(16)17-8-6-14(28-17)10-23-24-12-2-4-13(5-3-12)25(26)27/h1-10,24H/b23-10-. The molecule has 0 spiro atoms. The Bertz CT molecular complexity index is 1030. The van der Waals surface area contributed by atoms with Gasteiger partial charge in [-0.05, 0) is 42.5 Å². The SMILES string of the molecule is O=[N+]([O-])c1ccc(N/N=C\c2ccc(-c3cc(C(F)(F)F)ccc3Cl)o2)cc1. The number of halogens is 4. The van der Waals surface area contributed by atoms with Gasteiger partial charge in [-0.3, -0.25) is 15.5 Å². The molecule has 0 bridgehead atoms. The number of hydrogen-bond donors (Lipinski definition) is 1. The zero-order chi connectivity index (χ0) is 20.3. The van der Waals surface area contributed by atoms with Gasteiger partial charge in [0.1, 0.15) is 11.5 Å². The molecular weight excluding hydrogens is 399 g/mol. The molecule has 1 N–H and O–H groups in total. The van der Waals surface area contributed by atoms with Crippen LogP contribution in [0.1, 0.15) is 11.3 Å². The number of anilines is 1. The van der Waals surface area contributed by atoms with Crippen molar-refractivity contribution in [2.45, 2.75) is 6.18 Å². The fourth-order valence-corrected chi connectivity index (χ4v) is 2.50. The summed E-state index contributed by atoms with van der Waals surface area (Å²) in [5.41, 5.74) is 2.39. The predicted molar refractivity (Wildman–Crippen MR) is 98.5 cm³/mol. The van der Waals surface area contributed by atoms with Crippen LogP contribution in [0.25, 0.3) is 11.3 Å². The molecular formula is C18H11ClF3N3O3. The Hall–Kier alpha value is -3.33. The monoisotopic (exact) mass is 409 g/mol. The Morgan fingerprint density at radius 1 is 1.11 bits per heavy atom. The third-order valence-electron chi connectivity index (χ3n) is 3.65. The van der Waals surface area contributed by atoms with Crippen molar-refractivity contribution < 1.29 is 22.5 Å². The van der Waals surface area contributed by atoms with Crippen LogP contribution < -0.4 is 5.43 Å². The van der Waals surface area contributed by atoms with Crippen molar-refractivity contribution in [2.24, 2.45) is 5.10 Å². The molecule has 0 unspecified atom stereocenters. The maximum Gasteiger partial charge on any atom is 0.416 e. The molecule has 3 aromatic rings. The number of rotatable bonds is 5. The zero-order valence-electron chi connectivity index (χ0n) is 13.9. The molecule has 2 aromatic carbocycles. The summed E-state index contributed by atoms with van der Waals surface area (Å²) in [5, 5.41) is 14.6. The lowest BCUT2D eigenvalue weighted by Gasteiger charge is -2.09. The first-order chi connectivity index (χ1) is 13.2. The average molecular weight is 410 g/mol. The maximum atomic E-state index is 12.9. The Morgan fingerprint density at radius 3 is 2.46 bits per heavy atom. The van der Waals surface area contributed by atoms with E-state index in [1.165, 1.54) is 42.6 Å². The lowest BCUT2D eigenvalue weighted by molar-refractivity contribution is -0.384. The first-order valence-electron chi connectivity index (χ1n) is 7.74. The molecule has 0 atom stereocenters. The molecule has 0 aliphatic heterocycles. The number of alkyl halides is 3. The fourth-order valence-electron chi connectivity index (χ4n) is 2.29. The van der Waals surface area contributed by atoms with Gasteiger partial charge in [0, 0.05) is 17.7 Å². The molecule has 0 amide bonds. The highest BCUT2D eigenvalue weighted by Crippen LogP contribution is 2.36. The molecule has 144 valence electrons. The molecule has 1 aromatic heterocycles. The summed E-state index contributed by atoms with van der Waals surface area (Å²) in [6, 6.07) is 11.6. The van der Waals surface area contributed by atoms with Crippen LogP contribution in [0.4, 0.5) is 24.5 Å². The van der Waals surface area contributed by atoms with Crippen LogP contribution in [0.15, 0.2) is 64.1 Å². The summed E-state index contributed by atoms with van der Waals surface area (Å²) in [6.07, 6.45) is -3.18. The van der Waals surface area contributed by atoms with Crippen molar-refractivity contribution >= 4 is 29.2 Å². The topological polar surface area (TPSA) is 80.7 Å². The molecule has 0 radical (unpaired) electrons. The van der Waals surface area contributed by atoms with Crippen LogP contribution in [-0.2, 0) is 6.18 Å². The molecule has 6 nitrogen and oxygen atoms in total. The van der Waals surface area contributed by atoms with E-state index in [1.807, 2.05) is 0 Å². The van der Waals surface area contributed by atoms with Crippen LogP contribution in [0.3, 0.4) is 0 Å². The molecule has 10 heteroatoms. The highest BCUT2D eigenvalue weighted by Gasteiger charge is 2.31. The van der Waals surface area contributed by atoms with Crippen molar-refractivity contribution in [2.75, 3.05) is 5.43 Å². The van der Waals surface area contributed by atoms with Gasteiger partial charge in [0.2, 0.25) is 0 Å². The summed E-state index contributed by atoms with van der Waals surface area (Å²) in [7, 11) is 0. The summed E-state index contributed by atoms with van der Waals surface area (Å²) in [4.78, 5) is 10.1. The Balaban J connectivity index is 1.74. The minimum atomic E-state index is -4.50. The van der Waals surface area contributed by atoms with Crippen LogP contribution in [0, 0.1) is 10.1 Å². The Kier molecular flexibility index (Phi) is 5.36. The number of nitro benzene ring substituents is 1. The van der Waals surface area contributed by atoms with E-state index < -0.39 is 16.7 Å². The summed E-state index contributed by atoms with van der Waals surface area (Å²) < 4.78 is 44.1. The van der Waals surface area contributed by atoms with E-state index in [-0.39, 0.29) is 27.8 Å². The van der Waals surface area contributed by atoms with E-state index in [4.69, 9.17) is 16.0 Å². The number of nitrogens with zero attached hydrogens (tertiary/aromatic N) is 2. The highest BCUT2D eigenvalue weighted by molar-refractivity contribution is 6.33. The number of benzene rings is 2. The van der Waals surface area contributed by atoms with E-state index in [9.17, 15) is 23.3 Å². The summed E-state index contributed by atoms with van der Waals surface area (Å²) in [5.74, 6) is 0.436. The molecule has 0 fully saturated rings. The van der Waals surface area contributed by atoms with Gasteiger partial charge in [0.25, 0.3) is 5.69 Å². The Morgan fingerprint density at radius 2 is 1.82 bits per heavy atom. The summed E-state index contributed by atoms with van der Waals surface area (Å²) >= 11 is 5.99. The molecule has 3 rings (SSSR count). The molecule has 0 aliphatic rings. The van der Waals surface area contributed by atoms with Gasteiger partial charge in [0.05, 0.1) is 27.4 Å². The smallest absolute Gasteiger partial charge is 0.416 e. The zero-order valence-corrected chi connectivity index (χ0v) is 14.7. The number of non-ortho nitro benzene ring substituents is 1. The van der Waals surface area contributed by atoms with Crippen LogP contribution in [-0.4, -0.2) is 11.1 Å². The fraction of sp³-hybridized carbons (Fsp3) is 0.0556. The van der Waals surface area contributed by atoms with Crippen LogP contribution in [0.5, 0.6) is 0 Å². The van der Waals surface area contributed by atoms with Crippen LogP contribution >= 0.6 is 11.6 Å². The molecule has 0 aliphatic carbocycles. The van der Waals surface area contributed by atoms with Gasteiger partial charge in [-0.15, -0.1) is 0 Å². The van der Waals surface area contributed by atoms with Crippen molar-refractivity contribution in [1.29, 1.82) is 0 Å². The van der Waals surface area contributed by atoms with Gasteiger partial charge in [-0.1, -0.05) is 11.6 Å². The van der Waals surface area contributed by atoms with Gasteiger partial charge in [-0.25, -0.2) is 0 Å². The van der Waals surface area contributed by atoms with Gasteiger partial charge in [0.15, 0.2) is 0 Å². The van der Waals surface area contributed by atoms with Gasteiger partial charge < -0.3 is 4.42 Å². The van der Waals surface area contributed by atoms with Gasteiger partial charge in [-0.2, -0.15) is 18.3 Å². The van der Waals surface area contributed by atoms with Crippen LogP contribution in [0.2, 0.25) is 5.02 Å². The first kappa shape index (κ1) is 19.4. The lowest BCUT2D eigenvalue weighted by atomic mass is 10.1. The molecule has 0 saturated heterocycles. The third-order valence-corrected chi connectivity index (χ3v) is 3.98. The van der Waals surface area contributed by atoms with Crippen molar-refractivity contribution in [3.63, 3.8) is 0 Å². The summed E-state index contributed by atoms with van der Waals surface area (Å²) in [6.45, 7) is 0. The number of nitro groups is 1. The second-order valence-corrected chi connectivity index (χ2v) is 5.98. The van der Waals surface area contributed by atoms with E-state index in [0.717, 1.165) is 18.2 Å². The van der Waals surface area contributed by atoms with Crippen molar-refractivity contribution in [3.8, 4) is 11.3 Å². The quantitative estimate of drug-likeness (QED) is 0.319. The predicted octanol–water partition coefficient (Wildman–Crippen LogP) is 5.97. The molecule has 28 heavy (non-hydrogen) atoms. The average Bonchev–Trinajstić information content (AvgIpc) is 3.10. The van der Waals surface area contributed by atoms with E-state index in [1.54, 1.807) is 0 Å². The lowest BCUT2D eigenvalue weighted by Crippen LogP contribution is -2.04. The largest absolute Gasteiger partial charge is 0.455 e. The second kappa shape index (κ2) is 7.73. The second-order valence-electron chi connectivity index (χ2n) is 5.57. The van der Waals surface area contributed by atoms with E-state index in [0.29, 0.717) is 5.69 Å². The van der Waals surface area contributed by atoms with Crippen molar-refractivity contribution in [1.82, 2.24) is 0 Å². The minimum Gasteiger partial charge on any atom is -0.455 e. The minimum absolute atomic E-state index is 0.0526. The van der Waals surface area contributed by atoms with Crippen molar-refractivity contribution in [3.05, 3.63) is 81.1 Å². The van der Waals surface area contributed by atoms with Gasteiger partial charge >= 0.3 is 6.18 Å². The molecule has 1 heterocycles. The Labute approximate surface area is 161 Å². The number of hydrogen-bond acceptors (Lipinski definition) is 5.